The fourth-order valence-corrected chi connectivity index (χ4v) is 1.64. The van der Waals surface area contributed by atoms with E-state index >= 15 is 0 Å². The molecule has 0 saturated heterocycles. The summed E-state index contributed by atoms with van der Waals surface area (Å²) >= 11 is 0. The molecule has 3 nitrogen and oxygen atoms in total. The molecule has 3 heteroatoms. The van der Waals surface area contributed by atoms with Crippen molar-refractivity contribution in [3.05, 3.63) is 47.7 Å². The van der Waals surface area contributed by atoms with Crippen LogP contribution in [0, 0.1) is 0 Å². The molecular weight excluding hydrogens is 226 g/mol. The molecule has 18 heavy (non-hydrogen) atoms. The van der Waals surface area contributed by atoms with Crippen LogP contribution in [0.25, 0.3) is 0 Å². The van der Waals surface area contributed by atoms with Gasteiger partial charge in [-0.25, -0.2) is 0 Å². The summed E-state index contributed by atoms with van der Waals surface area (Å²) in [6.45, 7) is 7.09. The van der Waals surface area contributed by atoms with Gasteiger partial charge in [0.15, 0.2) is 5.60 Å². The van der Waals surface area contributed by atoms with Crippen LogP contribution in [-0.2, 0) is 9.53 Å². The Hall–Kier alpha value is -1.90. The Kier molecular flexibility index (Phi) is 4.84. The molecule has 1 aliphatic rings. The molecule has 1 atom stereocenters. The van der Waals surface area contributed by atoms with Gasteiger partial charge in [0.1, 0.15) is 0 Å². The van der Waals surface area contributed by atoms with E-state index in [1.54, 1.807) is 13.1 Å². The Labute approximate surface area is 108 Å². The van der Waals surface area contributed by atoms with Gasteiger partial charge in [-0.05, 0) is 38.5 Å². The zero-order chi connectivity index (χ0) is 13.6. The summed E-state index contributed by atoms with van der Waals surface area (Å²) in [5.41, 5.74) is 1.05. The minimum atomic E-state index is -0.790. The van der Waals surface area contributed by atoms with Crippen LogP contribution >= 0.6 is 0 Å². The second-order valence-corrected chi connectivity index (χ2v) is 4.21. The number of carbonyl (C=O) groups is 1. The van der Waals surface area contributed by atoms with E-state index in [9.17, 15) is 4.79 Å². The molecule has 0 saturated carbocycles. The monoisotopic (exact) mass is 245 g/mol. The fourth-order valence-electron chi connectivity index (χ4n) is 1.64. The molecule has 0 N–H and O–H groups in total. The van der Waals surface area contributed by atoms with Gasteiger partial charge in [0.25, 0.3) is 0 Å². The number of hydrogen-bond donors (Lipinski definition) is 0. The lowest BCUT2D eigenvalue weighted by atomic mass is 10.1. The zero-order valence-corrected chi connectivity index (χ0v) is 11.3. The van der Waals surface area contributed by atoms with E-state index in [1.807, 2.05) is 50.3 Å². The van der Waals surface area contributed by atoms with E-state index in [4.69, 9.17) is 4.74 Å². The maximum atomic E-state index is 11.1. The second-order valence-electron chi connectivity index (χ2n) is 4.21. The first kappa shape index (κ1) is 14.2. The molecule has 0 aromatic heterocycles. The predicted molar refractivity (Wildman–Crippen MR) is 74.5 cm³/mol. The Balaban J connectivity index is 3.14. The average molecular weight is 245 g/mol. The minimum absolute atomic E-state index is 0.323. The van der Waals surface area contributed by atoms with E-state index in [1.165, 1.54) is 6.92 Å². The number of carbonyl (C=O) groups excluding carboxylic acids is 1. The van der Waals surface area contributed by atoms with Gasteiger partial charge in [-0.1, -0.05) is 24.3 Å². The summed E-state index contributed by atoms with van der Waals surface area (Å²) in [5.74, 6) is -0.323. The van der Waals surface area contributed by atoms with E-state index in [2.05, 4.69) is 4.99 Å². The standard InChI is InChI=1S/C15H19NO2/c1-5-7-13-9-10-15(4,18-12(3)17)11-16-14(13)8-6-2/h5-11H,1-4H3/b7-5-,8-6-. The lowest BCUT2D eigenvalue weighted by Gasteiger charge is -2.19. The van der Waals surface area contributed by atoms with E-state index in [-0.39, 0.29) is 5.97 Å². The van der Waals surface area contributed by atoms with E-state index in [0.29, 0.717) is 0 Å². The SMILES string of the molecule is C/C=C\C1=C(/C=C\C)N=CC(C)(OC(C)=O)C=C1. The summed E-state index contributed by atoms with van der Waals surface area (Å²) < 4.78 is 5.26. The first-order valence-electron chi connectivity index (χ1n) is 5.94. The average Bonchev–Trinajstić information content (AvgIpc) is 2.42. The molecule has 0 fully saturated rings. The van der Waals surface area contributed by atoms with Crippen LogP contribution in [0.4, 0.5) is 0 Å². The number of esters is 1. The van der Waals surface area contributed by atoms with Crippen molar-refractivity contribution in [2.45, 2.75) is 33.3 Å². The lowest BCUT2D eigenvalue weighted by Crippen LogP contribution is -2.29. The highest BCUT2D eigenvalue weighted by atomic mass is 16.6. The quantitative estimate of drug-likeness (QED) is 0.715. The van der Waals surface area contributed by atoms with E-state index < -0.39 is 5.60 Å². The molecular formula is C15H19NO2. The number of nitrogens with zero attached hydrogens (tertiary/aromatic N) is 1. The van der Waals surface area contributed by atoms with Crippen LogP contribution in [0.1, 0.15) is 27.7 Å². The Morgan fingerprint density at radius 1 is 1.33 bits per heavy atom. The van der Waals surface area contributed by atoms with Gasteiger partial charge in [-0.15, -0.1) is 0 Å². The summed E-state index contributed by atoms with van der Waals surface area (Å²) in [7, 11) is 0. The first-order chi connectivity index (χ1) is 8.50. The van der Waals surface area contributed by atoms with Gasteiger partial charge in [0.05, 0.1) is 11.9 Å². The Morgan fingerprint density at radius 2 is 2.00 bits per heavy atom. The van der Waals surface area contributed by atoms with Crippen LogP contribution in [0.5, 0.6) is 0 Å². The van der Waals surface area contributed by atoms with Crippen LogP contribution in [-0.4, -0.2) is 17.8 Å². The normalized spacial score (nSPS) is 24.0. The number of allylic oxidation sites excluding steroid dienone is 6. The fraction of sp³-hybridized carbons (Fsp3) is 0.333. The largest absolute Gasteiger partial charge is 0.449 e. The maximum absolute atomic E-state index is 11.1. The van der Waals surface area contributed by atoms with Gasteiger partial charge in [0.2, 0.25) is 0 Å². The molecule has 0 spiro atoms. The summed E-state index contributed by atoms with van der Waals surface area (Å²) in [4.78, 5) is 15.5. The topological polar surface area (TPSA) is 38.7 Å². The summed E-state index contributed by atoms with van der Waals surface area (Å²) in [6, 6.07) is 0. The molecule has 96 valence electrons. The van der Waals surface area contributed by atoms with Crippen molar-refractivity contribution in [3.8, 4) is 0 Å². The smallest absolute Gasteiger partial charge is 0.303 e. The third-order valence-corrected chi connectivity index (χ3v) is 2.38. The molecule has 1 heterocycles. The van der Waals surface area contributed by atoms with Crippen LogP contribution in [0.3, 0.4) is 0 Å². The highest BCUT2D eigenvalue weighted by molar-refractivity contribution is 5.79. The molecule has 1 aliphatic heterocycles. The van der Waals surface area contributed by atoms with Crippen LogP contribution in [0.2, 0.25) is 0 Å². The maximum Gasteiger partial charge on any atom is 0.303 e. The number of rotatable bonds is 3. The van der Waals surface area contributed by atoms with Crippen molar-refractivity contribution in [2.24, 2.45) is 4.99 Å². The Bertz CT molecular complexity index is 433. The zero-order valence-electron chi connectivity index (χ0n) is 11.3. The Morgan fingerprint density at radius 3 is 2.56 bits per heavy atom. The number of ether oxygens (including phenoxy) is 1. The number of aliphatic imine (C=N–C) groups is 1. The minimum Gasteiger partial charge on any atom is -0.449 e. The third-order valence-electron chi connectivity index (χ3n) is 2.38. The van der Waals surface area contributed by atoms with Gasteiger partial charge in [0, 0.05) is 6.92 Å². The van der Waals surface area contributed by atoms with Crippen molar-refractivity contribution in [1.29, 1.82) is 0 Å². The highest BCUT2D eigenvalue weighted by Gasteiger charge is 2.23. The summed E-state index contributed by atoms with van der Waals surface area (Å²) in [5, 5.41) is 0. The van der Waals surface area contributed by atoms with Crippen LogP contribution in [0.15, 0.2) is 52.7 Å². The number of hydrogen-bond acceptors (Lipinski definition) is 3. The van der Waals surface area contributed by atoms with E-state index in [0.717, 1.165) is 11.3 Å². The van der Waals surface area contributed by atoms with Crippen molar-refractivity contribution < 1.29 is 9.53 Å². The van der Waals surface area contributed by atoms with Crippen molar-refractivity contribution in [1.82, 2.24) is 0 Å². The first-order valence-corrected chi connectivity index (χ1v) is 5.94. The molecule has 0 radical (unpaired) electrons. The highest BCUT2D eigenvalue weighted by Crippen LogP contribution is 2.20. The van der Waals surface area contributed by atoms with Gasteiger partial charge in [-0.2, -0.15) is 0 Å². The van der Waals surface area contributed by atoms with Gasteiger partial charge in [-0.3, -0.25) is 9.79 Å². The lowest BCUT2D eigenvalue weighted by molar-refractivity contribution is -0.146. The molecule has 1 unspecified atom stereocenters. The molecule has 0 aromatic carbocycles. The van der Waals surface area contributed by atoms with Gasteiger partial charge >= 0.3 is 5.97 Å². The van der Waals surface area contributed by atoms with Crippen molar-refractivity contribution in [3.63, 3.8) is 0 Å². The predicted octanol–water partition coefficient (Wildman–Crippen LogP) is 3.36. The molecule has 0 amide bonds. The summed E-state index contributed by atoms with van der Waals surface area (Å²) in [6.07, 6.45) is 13.2. The third kappa shape index (κ3) is 3.84. The van der Waals surface area contributed by atoms with Crippen molar-refractivity contribution >= 4 is 12.2 Å². The van der Waals surface area contributed by atoms with Crippen molar-refractivity contribution in [2.75, 3.05) is 0 Å². The molecule has 0 aliphatic carbocycles. The van der Waals surface area contributed by atoms with Crippen LogP contribution < -0.4 is 0 Å². The molecule has 0 bridgehead atoms. The molecule has 0 aromatic rings. The molecule has 1 rings (SSSR count). The second kappa shape index (κ2) is 6.15. The van der Waals surface area contributed by atoms with Gasteiger partial charge < -0.3 is 4.74 Å².